The van der Waals surface area contributed by atoms with Crippen LogP contribution in [0.1, 0.15) is 18.1 Å². The van der Waals surface area contributed by atoms with Gasteiger partial charge >= 0.3 is 0 Å². The topological polar surface area (TPSA) is 58.2 Å². The number of anilines is 1. The van der Waals surface area contributed by atoms with E-state index >= 15 is 0 Å². The first-order chi connectivity index (χ1) is 10.0. The Morgan fingerprint density at radius 2 is 1.71 bits per heavy atom. The molecule has 0 aliphatic heterocycles. The molecule has 112 valence electrons. The van der Waals surface area contributed by atoms with Gasteiger partial charge in [0.2, 0.25) is 0 Å². The van der Waals surface area contributed by atoms with Gasteiger partial charge in [0.1, 0.15) is 0 Å². The first-order valence-corrected chi connectivity index (χ1v) is 8.39. The van der Waals surface area contributed by atoms with E-state index in [0.717, 1.165) is 17.5 Å². The van der Waals surface area contributed by atoms with Crippen LogP contribution in [0.4, 0.5) is 5.69 Å². The highest BCUT2D eigenvalue weighted by atomic mass is 32.2. The number of hydrogen-bond donors (Lipinski definition) is 2. The van der Waals surface area contributed by atoms with Gasteiger partial charge in [0.05, 0.1) is 4.90 Å². The van der Waals surface area contributed by atoms with Crippen molar-refractivity contribution in [1.29, 1.82) is 0 Å². The highest BCUT2D eigenvalue weighted by Crippen LogP contribution is 2.18. The molecule has 0 heterocycles. The van der Waals surface area contributed by atoms with E-state index in [9.17, 15) is 8.42 Å². The fourth-order valence-corrected chi connectivity index (χ4v) is 3.21. The lowest BCUT2D eigenvalue weighted by atomic mass is 10.1. The second kappa shape index (κ2) is 6.74. The Kier molecular flexibility index (Phi) is 4.98. The van der Waals surface area contributed by atoms with Crippen LogP contribution < -0.4 is 10.0 Å². The first kappa shape index (κ1) is 15.5. The SMILES string of the molecule is CCc1cccc(NS(=O)(=O)c2cccc(CNC)c2)c1. The predicted molar refractivity (Wildman–Crippen MR) is 85.8 cm³/mol. The highest BCUT2D eigenvalue weighted by molar-refractivity contribution is 7.92. The van der Waals surface area contributed by atoms with Crippen LogP contribution in [0, 0.1) is 0 Å². The number of aryl methyl sites for hydroxylation is 1. The molecule has 4 nitrogen and oxygen atoms in total. The smallest absolute Gasteiger partial charge is 0.261 e. The van der Waals surface area contributed by atoms with Gasteiger partial charge in [0.25, 0.3) is 10.0 Å². The molecule has 0 aliphatic rings. The Balaban J connectivity index is 2.27. The van der Waals surface area contributed by atoms with Crippen LogP contribution in [0.2, 0.25) is 0 Å². The quantitative estimate of drug-likeness (QED) is 0.863. The Labute approximate surface area is 126 Å². The molecule has 0 atom stereocenters. The van der Waals surface area contributed by atoms with Crippen LogP contribution >= 0.6 is 0 Å². The molecule has 0 unspecified atom stereocenters. The average Bonchev–Trinajstić information content (AvgIpc) is 2.48. The van der Waals surface area contributed by atoms with Gasteiger partial charge in [-0.25, -0.2) is 8.42 Å². The number of nitrogens with one attached hydrogen (secondary N) is 2. The molecule has 0 aliphatic carbocycles. The minimum Gasteiger partial charge on any atom is -0.316 e. The molecule has 5 heteroatoms. The van der Waals surface area contributed by atoms with E-state index in [1.54, 1.807) is 24.3 Å². The zero-order chi connectivity index (χ0) is 15.3. The van der Waals surface area contributed by atoms with Crippen LogP contribution in [0.3, 0.4) is 0 Å². The summed E-state index contributed by atoms with van der Waals surface area (Å²) in [5.41, 5.74) is 2.62. The maximum Gasteiger partial charge on any atom is 0.261 e. The standard InChI is InChI=1S/C16H20N2O2S/c1-3-13-6-4-8-15(10-13)18-21(19,20)16-9-5-7-14(11-16)12-17-2/h4-11,17-18H,3,12H2,1-2H3. The molecule has 0 aromatic heterocycles. The zero-order valence-corrected chi connectivity index (χ0v) is 13.1. The molecule has 2 aromatic carbocycles. The maximum absolute atomic E-state index is 12.4. The molecule has 0 amide bonds. The van der Waals surface area contributed by atoms with E-state index in [2.05, 4.69) is 10.0 Å². The summed E-state index contributed by atoms with van der Waals surface area (Å²) >= 11 is 0. The van der Waals surface area contributed by atoms with E-state index in [-0.39, 0.29) is 4.90 Å². The van der Waals surface area contributed by atoms with Gasteiger partial charge in [0, 0.05) is 12.2 Å². The summed E-state index contributed by atoms with van der Waals surface area (Å²) < 4.78 is 27.5. The number of sulfonamides is 1. The predicted octanol–water partition coefficient (Wildman–Crippen LogP) is 2.77. The van der Waals surface area contributed by atoms with Crippen molar-refractivity contribution in [2.45, 2.75) is 24.8 Å². The summed E-state index contributed by atoms with van der Waals surface area (Å²) in [5, 5.41) is 3.01. The van der Waals surface area contributed by atoms with E-state index in [1.165, 1.54) is 0 Å². The van der Waals surface area contributed by atoms with Gasteiger partial charge < -0.3 is 5.32 Å². The molecule has 0 saturated carbocycles. The third-order valence-electron chi connectivity index (χ3n) is 3.18. The molecule has 0 fully saturated rings. The fourth-order valence-electron chi connectivity index (χ4n) is 2.10. The second-order valence-electron chi connectivity index (χ2n) is 4.84. The molecule has 0 saturated heterocycles. The average molecular weight is 304 g/mol. The van der Waals surface area contributed by atoms with Gasteiger partial charge in [-0.2, -0.15) is 0 Å². The summed E-state index contributed by atoms with van der Waals surface area (Å²) in [6.07, 6.45) is 0.868. The Hall–Kier alpha value is -1.85. The molecule has 0 bridgehead atoms. The zero-order valence-electron chi connectivity index (χ0n) is 12.3. The summed E-state index contributed by atoms with van der Waals surface area (Å²) in [7, 11) is -1.73. The van der Waals surface area contributed by atoms with Gasteiger partial charge in [-0.1, -0.05) is 31.2 Å². The highest BCUT2D eigenvalue weighted by Gasteiger charge is 2.14. The molecule has 2 aromatic rings. The van der Waals surface area contributed by atoms with Crippen LogP contribution in [0.15, 0.2) is 53.4 Å². The Morgan fingerprint density at radius 1 is 1.00 bits per heavy atom. The van der Waals surface area contributed by atoms with Crippen molar-refractivity contribution < 1.29 is 8.42 Å². The monoisotopic (exact) mass is 304 g/mol. The van der Waals surface area contributed by atoms with Crippen LogP contribution in [-0.2, 0) is 23.0 Å². The molecule has 2 rings (SSSR count). The molecular weight excluding hydrogens is 284 g/mol. The van der Waals surface area contributed by atoms with E-state index in [1.807, 2.05) is 38.2 Å². The summed E-state index contributed by atoms with van der Waals surface area (Å²) in [6.45, 7) is 2.67. The third-order valence-corrected chi connectivity index (χ3v) is 4.56. The van der Waals surface area contributed by atoms with E-state index < -0.39 is 10.0 Å². The van der Waals surface area contributed by atoms with Crippen molar-refractivity contribution in [3.8, 4) is 0 Å². The number of rotatable bonds is 6. The maximum atomic E-state index is 12.4. The summed E-state index contributed by atoms with van der Waals surface area (Å²) in [5.74, 6) is 0. The molecule has 21 heavy (non-hydrogen) atoms. The minimum atomic E-state index is -3.56. The van der Waals surface area contributed by atoms with Crippen LogP contribution in [-0.4, -0.2) is 15.5 Å². The minimum absolute atomic E-state index is 0.275. The van der Waals surface area contributed by atoms with E-state index in [4.69, 9.17) is 0 Å². The molecular formula is C16H20N2O2S. The Morgan fingerprint density at radius 3 is 2.43 bits per heavy atom. The van der Waals surface area contributed by atoms with Crippen molar-refractivity contribution in [2.75, 3.05) is 11.8 Å². The number of benzene rings is 2. The molecule has 0 radical (unpaired) electrons. The normalized spacial score (nSPS) is 11.3. The summed E-state index contributed by atoms with van der Waals surface area (Å²) in [4.78, 5) is 0.275. The largest absolute Gasteiger partial charge is 0.316 e. The van der Waals surface area contributed by atoms with Crippen LogP contribution in [0.25, 0.3) is 0 Å². The lowest BCUT2D eigenvalue weighted by Gasteiger charge is -2.10. The van der Waals surface area contributed by atoms with Crippen LogP contribution in [0.5, 0.6) is 0 Å². The van der Waals surface area contributed by atoms with Gasteiger partial charge in [0.15, 0.2) is 0 Å². The first-order valence-electron chi connectivity index (χ1n) is 6.90. The van der Waals surface area contributed by atoms with Crippen molar-refractivity contribution >= 4 is 15.7 Å². The van der Waals surface area contributed by atoms with Crippen molar-refractivity contribution in [1.82, 2.24) is 5.32 Å². The van der Waals surface area contributed by atoms with E-state index in [0.29, 0.717) is 12.2 Å². The lowest BCUT2D eigenvalue weighted by molar-refractivity contribution is 0.601. The fraction of sp³-hybridized carbons (Fsp3) is 0.250. The van der Waals surface area contributed by atoms with Gasteiger partial charge in [-0.3, -0.25) is 4.72 Å². The van der Waals surface area contributed by atoms with Crippen molar-refractivity contribution in [2.24, 2.45) is 0 Å². The molecule has 0 spiro atoms. The van der Waals surface area contributed by atoms with Crippen molar-refractivity contribution in [3.63, 3.8) is 0 Å². The molecule has 2 N–H and O–H groups in total. The third kappa shape index (κ3) is 4.06. The van der Waals surface area contributed by atoms with Crippen molar-refractivity contribution in [3.05, 3.63) is 59.7 Å². The second-order valence-corrected chi connectivity index (χ2v) is 6.52. The summed E-state index contributed by atoms with van der Waals surface area (Å²) in [6, 6.07) is 14.4. The lowest BCUT2D eigenvalue weighted by Crippen LogP contribution is -2.14. The van der Waals surface area contributed by atoms with Gasteiger partial charge in [-0.05, 0) is 48.9 Å². The van der Waals surface area contributed by atoms with Gasteiger partial charge in [-0.15, -0.1) is 0 Å². The number of hydrogen-bond acceptors (Lipinski definition) is 3. The Bertz CT molecular complexity index is 712.